The summed E-state index contributed by atoms with van der Waals surface area (Å²) in [5.74, 6) is -1.27. The Bertz CT molecular complexity index is 1690. The number of carbonyl (C=O) groups excluding carboxylic acids is 1. The Morgan fingerprint density at radius 3 is 2.43 bits per heavy atom. The summed E-state index contributed by atoms with van der Waals surface area (Å²) in [6.45, 7) is 0.375. The van der Waals surface area contributed by atoms with Crippen LogP contribution in [-0.4, -0.2) is 60.2 Å². The van der Waals surface area contributed by atoms with Gasteiger partial charge < -0.3 is 19.5 Å². The molecule has 2 aliphatic rings. The molecule has 2 aliphatic heterocycles. The van der Waals surface area contributed by atoms with Crippen LogP contribution in [0.4, 0.5) is 17.6 Å². The number of ether oxygens (including phenoxy) is 1. The lowest BCUT2D eigenvalue weighted by molar-refractivity contribution is -0.150. The van der Waals surface area contributed by atoms with E-state index in [1.165, 1.54) is 59.4 Å². The molecule has 0 aliphatic carbocycles. The molecule has 0 radical (unpaired) electrons. The quantitative estimate of drug-likeness (QED) is 0.204. The van der Waals surface area contributed by atoms with Crippen LogP contribution < -0.4 is 0 Å². The lowest BCUT2D eigenvalue weighted by atomic mass is 10.0. The maximum absolute atomic E-state index is 14.3. The van der Waals surface area contributed by atoms with E-state index < -0.39 is 48.9 Å². The van der Waals surface area contributed by atoms with Gasteiger partial charge in [-0.1, -0.05) is 29.8 Å². The van der Waals surface area contributed by atoms with Crippen molar-refractivity contribution in [2.75, 3.05) is 13.2 Å². The molecule has 3 heterocycles. The summed E-state index contributed by atoms with van der Waals surface area (Å²) in [6.07, 6.45) is -3.02. The zero-order valence-corrected chi connectivity index (χ0v) is 22.0. The highest BCUT2D eigenvalue weighted by Gasteiger charge is 2.34. The highest BCUT2D eigenvalue weighted by Crippen LogP contribution is 2.37. The topological polar surface area (TPSA) is 123 Å². The number of fused-ring (bicyclic) bond motifs is 1. The van der Waals surface area contributed by atoms with Gasteiger partial charge in [0.15, 0.2) is 11.9 Å². The summed E-state index contributed by atoms with van der Waals surface area (Å²) in [5, 5.41) is 26.8. The first-order valence-electron chi connectivity index (χ1n) is 12.6. The van der Waals surface area contributed by atoms with Gasteiger partial charge in [0.25, 0.3) is 0 Å². The van der Waals surface area contributed by atoms with Gasteiger partial charge in [0, 0.05) is 18.0 Å². The monoisotopic (exact) mass is 581 g/mol. The Labute approximate surface area is 236 Å². The lowest BCUT2D eigenvalue weighted by Crippen LogP contribution is -2.29. The predicted octanol–water partition coefficient (Wildman–Crippen LogP) is 4.46. The van der Waals surface area contributed by atoms with Crippen molar-refractivity contribution in [2.45, 2.75) is 25.2 Å². The van der Waals surface area contributed by atoms with Crippen LogP contribution in [0.2, 0.25) is 0 Å². The number of hydrogen-bond acceptors (Lipinski definition) is 8. The number of pyridine rings is 1. The van der Waals surface area contributed by atoms with E-state index in [0.717, 1.165) is 6.07 Å². The number of hydrogen-bond donors (Lipinski definition) is 2. The number of carbonyl (C=O) groups is 1. The molecule has 13 heteroatoms. The molecule has 2 unspecified atom stereocenters. The Morgan fingerprint density at radius 1 is 0.976 bits per heavy atom. The molecule has 0 saturated carbocycles. The maximum atomic E-state index is 14.3. The zero-order chi connectivity index (χ0) is 30.0. The number of nitrogens with zero attached hydrogens (tertiary/aromatic N) is 5. The van der Waals surface area contributed by atoms with Crippen LogP contribution in [-0.2, 0) is 15.7 Å². The van der Waals surface area contributed by atoms with Crippen LogP contribution in [0.1, 0.15) is 22.9 Å². The number of esters is 1. The van der Waals surface area contributed by atoms with Gasteiger partial charge in [-0.2, -0.15) is 23.4 Å². The Balaban J connectivity index is 1.54. The molecule has 2 aromatic carbocycles. The smallest absolute Gasteiger partial charge is 0.417 e. The Morgan fingerprint density at radius 2 is 1.74 bits per heavy atom. The molecule has 216 valence electrons. The molecule has 0 amide bonds. The van der Waals surface area contributed by atoms with Crippen LogP contribution in [0.5, 0.6) is 0 Å². The van der Waals surface area contributed by atoms with E-state index in [0.29, 0.717) is 17.0 Å². The summed E-state index contributed by atoms with van der Waals surface area (Å²) in [6, 6.07) is 12.7. The fraction of sp³-hybridized carbons (Fsp3) is 0.207. The molecule has 0 spiro atoms. The number of rotatable bonds is 8. The van der Waals surface area contributed by atoms with E-state index in [1.807, 2.05) is 0 Å². The minimum atomic E-state index is -4.63. The van der Waals surface area contributed by atoms with Crippen LogP contribution in [0, 0.1) is 12.7 Å². The fourth-order valence-corrected chi connectivity index (χ4v) is 4.30. The minimum Gasteiger partial charge on any atom is -0.461 e. The average molecular weight is 582 g/mol. The van der Waals surface area contributed by atoms with Gasteiger partial charge in [0.1, 0.15) is 24.2 Å². The van der Waals surface area contributed by atoms with E-state index in [9.17, 15) is 27.5 Å². The summed E-state index contributed by atoms with van der Waals surface area (Å²) in [7, 11) is 0. The van der Waals surface area contributed by atoms with E-state index in [4.69, 9.17) is 9.84 Å². The van der Waals surface area contributed by atoms with Crippen molar-refractivity contribution in [2.24, 2.45) is 0 Å². The zero-order valence-electron chi connectivity index (χ0n) is 22.0. The van der Waals surface area contributed by atoms with Gasteiger partial charge in [-0.05, 0) is 43.3 Å². The number of halogens is 4. The normalized spacial score (nSPS) is 13.2. The van der Waals surface area contributed by atoms with Gasteiger partial charge in [-0.3, -0.25) is 0 Å². The third kappa shape index (κ3) is 5.97. The molecular weight excluding hydrogens is 558 g/mol. The van der Waals surface area contributed by atoms with Crippen molar-refractivity contribution in [3.05, 3.63) is 95.7 Å². The van der Waals surface area contributed by atoms with E-state index in [1.54, 1.807) is 19.1 Å². The summed E-state index contributed by atoms with van der Waals surface area (Å²) in [4.78, 5) is 21.9. The molecule has 0 saturated heterocycles. The second-order valence-corrected chi connectivity index (χ2v) is 9.45. The lowest BCUT2D eigenvalue weighted by Gasteiger charge is -2.20. The third-order valence-corrected chi connectivity index (χ3v) is 6.38. The van der Waals surface area contributed by atoms with Gasteiger partial charge in [-0.15, -0.1) is 0 Å². The van der Waals surface area contributed by atoms with Crippen LogP contribution in [0.3, 0.4) is 0 Å². The standard InChI is InChI=1S/C29H23F4N5O4/c1-16-6-7-18(20(12-16)29(31,32)33)22-8-9-24(37-36-22)26(28(41)42-15-17(40)14-39)38-11-10-23-25(13-38)35-27(34-23)19-4-2-3-5-21(19)30/h2-13,17,26,39-40H,14-15H2,1H3. The van der Waals surface area contributed by atoms with Crippen molar-refractivity contribution in [3.63, 3.8) is 0 Å². The van der Waals surface area contributed by atoms with E-state index in [2.05, 4.69) is 20.2 Å². The van der Waals surface area contributed by atoms with Gasteiger partial charge in [0.05, 0.1) is 34.8 Å². The number of aromatic nitrogens is 5. The Kier molecular flexibility index (Phi) is 7.96. The first kappa shape index (κ1) is 28.8. The number of aliphatic hydroxyl groups is 2. The molecule has 5 rings (SSSR count). The van der Waals surface area contributed by atoms with Crippen molar-refractivity contribution in [1.29, 1.82) is 0 Å². The van der Waals surface area contributed by atoms with Gasteiger partial charge >= 0.3 is 12.1 Å². The molecule has 2 atom stereocenters. The second kappa shape index (κ2) is 11.6. The van der Waals surface area contributed by atoms with Crippen molar-refractivity contribution in [3.8, 4) is 34.0 Å². The summed E-state index contributed by atoms with van der Waals surface area (Å²) < 4.78 is 62.0. The van der Waals surface area contributed by atoms with Crippen molar-refractivity contribution in [1.82, 2.24) is 24.7 Å². The average Bonchev–Trinajstić information content (AvgIpc) is 3.39. The molecule has 3 aromatic rings. The molecule has 0 bridgehead atoms. The third-order valence-electron chi connectivity index (χ3n) is 6.38. The SMILES string of the molecule is Cc1ccc(-c2ccc(C(C(=O)OCC(O)CO)n3ccc4nc(-c5ccccc5F)nc-4c3)nn2)c(C(F)(F)F)c1. The molecule has 0 fully saturated rings. The predicted molar refractivity (Wildman–Crippen MR) is 141 cm³/mol. The van der Waals surface area contributed by atoms with Gasteiger partial charge in [0.2, 0.25) is 0 Å². The number of benzene rings is 2. The molecular formula is C29H23F4N5O4. The van der Waals surface area contributed by atoms with E-state index in [-0.39, 0.29) is 28.3 Å². The maximum Gasteiger partial charge on any atom is 0.417 e. The van der Waals surface area contributed by atoms with Crippen LogP contribution in [0.15, 0.2) is 73.1 Å². The number of imidazole rings is 1. The van der Waals surface area contributed by atoms with Crippen LogP contribution >= 0.6 is 0 Å². The fourth-order valence-electron chi connectivity index (χ4n) is 4.30. The van der Waals surface area contributed by atoms with Crippen LogP contribution in [0.25, 0.3) is 34.0 Å². The second-order valence-electron chi connectivity index (χ2n) is 9.45. The largest absolute Gasteiger partial charge is 0.461 e. The summed E-state index contributed by atoms with van der Waals surface area (Å²) >= 11 is 0. The highest BCUT2D eigenvalue weighted by molar-refractivity contribution is 5.78. The van der Waals surface area contributed by atoms with E-state index >= 15 is 0 Å². The van der Waals surface area contributed by atoms with Gasteiger partial charge in [-0.25, -0.2) is 19.2 Å². The molecule has 9 nitrogen and oxygen atoms in total. The first-order valence-corrected chi connectivity index (χ1v) is 12.6. The van der Waals surface area contributed by atoms with Crippen molar-refractivity contribution >= 4 is 5.97 Å². The molecule has 1 aromatic heterocycles. The van der Waals surface area contributed by atoms with Crippen molar-refractivity contribution < 1.29 is 37.3 Å². The minimum absolute atomic E-state index is 0.0149. The number of alkyl halides is 3. The number of aliphatic hydroxyl groups excluding tert-OH is 2. The number of aryl methyl sites for hydroxylation is 1. The highest BCUT2D eigenvalue weighted by atomic mass is 19.4. The first-order chi connectivity index (χ1) is 20.0. The summed E-state index contributed by atoms with van der Waals surface area (Å²) in [5.41, 5.74) is 0.217. The Hall–Kier alpha value is -4.75. The molecule has 2 N–H and O–H groups in total. The molecule has 42 heavy (non-hydrogen) atoms.